The summed E-state index contributed by atoms with van der Waals surface area (Å²) in [6.45, 7) is 0. The number of urea groups is 1. The molecule has 7 heteroatoms. The van der Waals surface area contributed by atoms with Gasteiger partial charge in [0, 0.05) is 19.3 Å². The molecular formula is C11H10Cl2N4O. The van der Waals surface area contributed by atoms with E-state index >= 15 is 0 Å². The third kappa shape index (κ3) is 2.94. The number of carbonyl (C=O) groups is 1. The van der Waals surface area contributed by atoms with Crippen molar-refractivity contribution in [3.63, 3.8) is 0 Å². The summed E-state index contributed by atoms with van der Waals surface area (Å²) in [5.74, 6) is 0.452. The van der Waals surface area contributed by atoms with Gasteiger partial charge in [-0.25, -0.2) is 4.79 Å². The fraction of sp³-hybridized carbons (Fsp3) is 0.0909. The van der Waals surface area contributed by atoms with Gasteiger partial charge in [0.05, 0.1) is 15.7 Å². The average molecular weight is 285 g/mol. The summed E-state index contributed by atoms with van der Waals surface area (Å²) >= 11 is 11.8. The van der Waals surface area contributed by atoms with Crippen molar-refractivity contribution in [3.8, 4) is 0 Å². The summed E-state index contributed by atoms with van der Waals surface area (Å²) in [6, 6.07) is 6.25. The van der Waals surface area contributed by atoms with Crippen LogP contribution in [0.5, 0.6) is 0 Å². The summed E-state index contributed by atoms with van der Waals surface area (Å²) in [7, 11) is 1.76. The molecule has 0 bridgehead atoms. The van der Waals surface area contributed by atoms with Crippen LogP contribution in [0.3, 0.4) is 0 Å². The molecule has 0 aliphatic rings. The largest absolute Gasteiger partial charge is 0.324 e. The summed E-state index contributed by atoms with van der Waals surface area (Å²) in [6.07, 6.45) is 1.72. The first kappa shape index (κ1) is 12.7. The van der Waals surface area contributed by atoms with Crippen molar-refractivity contribution in [1.29, 1.82) is 0 Å². The predicted molar refractivity (Wildman–Crippen MR) is 72.3 cm³/mol. The number of nitrogens with one attached hydrogen (secondary N) is 2. The fourth-order valence-corrected chi connectivity index (χ4v) is 1.70. The molecule has 94 valence electrons. The number of carbonyl (C=O) groups excluding carboxylic acids is 1. The van der Waals surface area contributed by atoms with Crippen molar-refractivity contribution in [2.75, 3.05) is 10.6 Å². The van der Waals surface area contributed by atoms with Crippen LogP contribution in [-0.2, 0) is 7.05 Å². The van der Waals surface area contributed by atoms with E-state index in [1.54, 1.807) is 42.2 Å². The maximum absolute atomic E-state index is 11.7. The third-order valence-electron chi connectivity index (χ3n) is 2.16. The van der Waals surface area contributed by atoms with Gasteiger partial charge >= 0.3 is 6.03 Å². The smallest absolute Gasteiger partial charge is 0.306 e. The van der Waals surface area contributed by atoms with Crippen LogP contribution in [0.4, 0.5) is 16.3 Å². The lowest BCUT2D eigenvalue weighted by Crippen LogP contribution is -2.20. The maximum atomic E-state index is 11.7. The number of nitrogens with zero attached hydrogens (tertiary/aromatic N) is 2. The predicted octanol–water partition coefficient (Wildman–Crippen LogP) is 3.37. The number of hydrogen-bond acceptors (Lipinski definition) is 2. The van der Waals surface area contributed by atoms with Gasteiger partial charge in [-0.05, 0) is 12.1 Å². The molecule has 0 saturated heterocycles. The van der Waals surface area contributed by atoms with Gasteiger partial charge in [-0.3, -0.25) is 10.00 Å². The lowest BCUT2D eigenvalue weighted by molar-refractivity contribution is 0.262. The molecule has 0 aliphatic heterocycles. The Morgan fingerprint density at radius 2 is 2.06 bits per heavy atom. The van der Waals surface area contributed by atoms with Crippen molar-refractivity contribution in [2.24, 2.45) is 7.05 Å². The van der Waals surface area contributed by atoms with Crippen LogP contribution in [0.15, 0.2) is 30.5 Å². The van der Waals surface area contributed by atoms with Gasteiger partial charge < -0.3 is 5.32 Å². The Morgan fingerprint density at radius 3 is 2.72 bits per heavy atom. The molecule has 0 spiro atoms. The molecule has 18 heavy (non-hydrogen) atoms. The third-order valence-corrected chi connectivity index (χ3v) is 2.97. The van der Waals surface area contributed by atoms with Gasteiger partial charge in [0.2, 0.25) is 0 Å². The summed E-state index contributed by atoms with van der Waals surface area (Å²) in [5.41, 5.74) is 0.442. The highest BCUT2D eigenvalue weighted by Gasteiger charge is 2.09. The Bertz CT molecular complexity index is 582. The molecule has 0 unspecified atom stereocenters. The SMILES string of the molecule is Cn1ccc(NC(=O)Nc2cccc(Cl)c2Cl)n1. The lowest BCUT2D eigenvalue weighted by atomic mass is 10.3. The zero-order valence-corrected chi connectivity index (χ0v) is 11.0. The van der Waals surface area contributed by atoms with Gasteiger partial charge in [0.25, 0.3) is 0 Å². The molecule has 2 aromatic rings. The van der Waals surface area contributed by atoms with Crippen LogP contribution in [0.25, 0.3) is 0 Å². The fourth-order valence-electron chi connectivity index (χ4n) is 1.35. The molecule has 1 heterocycles. The molecule has 0 atom stereocenters. The molecule has 1 aromatic carbocycles. The van der Waals surface area contributed by atoms with E-state index in [-0.39, 0.29) is 0 Å². The topological polar surface area (TPSA) is 59.0 Å². The van der Waals surface area contributed by atoms with E-state index in [4.69, 9.17) is 23.2 Å². The van der Waals surface area contributed by atoms with Gasteiger partial charge in [-0.1, -0.05) is 29.3 Å². The minimum absolute atomic E-state index is 0.301. The van der Waals surface area contributed by atoms with E-state index in [9.17, 15) is 4.79 Å². The molecule has 0 radical (unpaired) electrons. The van der Waals surface area contributed by atoms with Crippen molar-refractivity contribution >= 4 is 40.7 Å². The zero-order chi connectivity index (χ0) is 13.1. The van der Waals surface area contributed by atoms with E-state index in [0.29, 0.717) is 21.6 Å². The number of halogens is 2. The molecule has 0 saturated carbocycles. The Morgan fingerprint density at radius 1 is 1.28 bits per heavy atom. The van der Waals surface area contributed by atoms with E-state index in [1.807, 2.05) is 0 Å². The van der Waals surface area contributed by atoms with Gasteiger partial charge in [0.1, 0.15) is 0 Å². The zero-order valence-electron chi connectivity index (χ0n) is 9.45. The van der Waals surface area contributed by atoms with Crippen LogP contribution in [-0.4, -0.2) is 15.8 Å². The van der Waals surface area contributed by atoms with Gasteiger partial charge in [0.15, 0.2) is 5.82 Å². The van der Waals surface area contributed by atoms with Crippen molar-refractivity contribution in [3.05, 3.63) is 40.5 Å². The second-order valence-electron chi connectivity index (χ2n) is 3.56. The summed E-state index contributed by atoms with van der Waals surface area (Å²) in [4.78, 5) is 11.7. The first-order valence-corrected chi connectivity index (χ1v) is 5.83. The standard InChI is InChI=1S/C11H10Cl2N4O/c1-17-6-5-9(16-17)15-11(18)14-8-4-2-3-7(12)10(8)13/h2-6H,1H3,(H2,14,15,16,18). The normalized spacial score (nSPS) is 10.2. The highest BCUT2D eigenvalue weighted by molar-refractivity contribution is 6.44. The highest BCUT2D eigenvalue weighted by Crippen LogP contribution is 2.29. The average Bonchev–Trinajstić information content (AvgIpc) is 2.70. The Kier molecular flexibility index (Phi) is 3.74. The molecule has 5 nitrogen and oxygen atoms in total. The van der Waals surface area contributed by atoms with Gasteiger partial charge in [-0.2, -0.15) is 5.10 Å². The molecule has 2 amide bonds. The van der Waals surface area contributed by atoms with Gasteiger partial charge in [-0.15, -0.1) is 0 Å². The van der Waals surface area contributed by atoms with E-state index in [0.717, 1.165) is 0 Å². The molecule has 1 aromatic heterocycles. The first-order chi connectivity index (χ1) is 8.56. The van der Waals surface area contributed by atoms with Crippen molar-refractivity contribution in [2.45, 2.75) is 0 Å². The second kappa shape index (κ2) is 5.29. The lowest BCUT2D eigenvalue weighted by Gasteiger charge is -2.08. The monoisotopic (exact) mass is 284 g/mol. The Labute approximate surface area is 114 Å². The maximum Gasteiger partial charge on any atom is 0.324 e. The van der Waals surface area contributed by atoms with Crippen molar-refractivity contribution in [1.82, 2.24) is 9.78 Å². The Balaban J connectivity index is 2.05. The number of aryl methyl sites for hydroxylation is 1. The summed E-state index contributed by atoms with van der Waals surface area (Å²) < 4.78 is 1.59. The van der Waals surface area contributed by atoms with Crippen LogP contribution in [0, 0.1) is 0 Å². The molecule has 2 N–H and O–H groups in total. The number of aromatic nitrogens is 2. The molecule has 0 fully saturated rings. The first-order valence-electron chi connectivity index (χ1n) is 5.08. The minimum atomic E-state index is -0.433. The van der Waals surface area contributed by atoms with Crippen LogP contribution in [0.1, 0.15) is 0 Å². The number of anilines is 2. The Hall–Kier alpha value is -1.72. The quantitative estimate of drug-likeness (QED) is 0.888. The number of benzene rings is 1. The molecular weight excluding hydrogens is 275 g/mol. The highest BCUT2D eigenvalue weighted by atomic mass is 35.5. The van der Waals surface area contributed by atoms with E-state index in [1.165, 1.54) is 0 Å². The molecule has 0 aliphatic carbocycles. The minimum Gasteiger partial charge on any atom is -0.306 e. The number of rotatable bonds is 2. The van der Waals surface area contributed by atoms with E-state index in [2.05, 4.69) is 15.7 Å². The summed E-state index contributed by atoms with van der Waals surface area (Å²) in [5, 5.41) is 9.87. The van der Waals surface area contributed by atoms with Crippen LogP contribution >= 0.6 is 23.2 Å². The number of amides is 2. The van der Waals surface area contributed by atoms with E-state index < -0.39 is 6.03 Å². The van der Waals surface area contributed by atoms with Crippen LogP contribution < -0.4 is 10.6 Å². The second-order valence-corrected chi connectivity index (χ2v) is 4.34. The number of hydrogen-bond donors (Lipinski definition) is 2. The molecule has 2 rings (SSSR count). The van der Waals surface area contributed by atoms with Crippen molar-refractivity contribution < 1.29 is 4.79 Å². The van der Waals surface area contributed by atoms with Crippen LogP contribution in [0.2, 0.25) is 10.0 Å².